The summed E-state index contributed by atoms with van der Waals surface area (Å²) in [6.45, 7) is 0.313. The van der Waals surface area contributed by atoms with Crippen LogP contribution in [0.15, 0.2) is 23.0 Å². The van der Waals surface area contributed by atoms with E-state index < -0.39 is 18.0 Å². The van der Waals surface area contributed by atoms with E-state index >= 15 is 0 Å². The van der Waals surface area contributed by atoms with Gasteiger partial charge in [0, 0.05) is 20.0 Å². The lowest BCUT2D eigenvalue weighted by Gasteiger charge is -2.21. The number of aryl methyl sites for hydroxylation is 2. The molecule has 0 spiro atoms. The monoisotopic (exact) mass is 360 g/mol. The Hall–Kier alpha value is -3.10. The minimum absolute atomic E-state index is 0.194. The van der Waals surface area contributed by atoms with Gasteiger partial charge in [-0.1, -0.05) is 12.1 Å². The van der Waals surface area contributed by atoms with Gasteiger partial charge in [0.15, 0.2) is 0 Å². The Balaban J connectivity index is 1.97. The molecule has 0 aliphatic carbocycles. The maximum atomic E-state index is 12.8. The van der Waals surface area contributed by atoms with Gasteiger partial charge in [0.25, 0.3) is 0 Å². The van der Waals surface area contributed by atoms with E-state index in [9.17, 15) is 19.2 Å². The second kappa shape index (κ2) is 7.03. The maximum absolute atomic E-state index is 12.8. The van der Waals surface area contributed by atoms with Crippen molar-refractivity contribution >= 4 is 28.9 Å². The largest absolute Gasteiger partial charge is 0.465 e. The molecule has 3 amide bonds. The molecule has 2 aromatic rings. The normalized spacial score (nSPS) is 17.3. The van der Waals surface area contributed by atoms with E-state index in [1.165, 1.54) is 9.13 Å². The van der Waals surface area contributed by atoms with Crippen LogP contribution in [0.3, 0.4) is 0 Å². The Bertz CT molecular complexity index is 943. The first kappa shape index (κ1) is 17.7. The van der Waals surface area contributed by atoms with Crippen LogP contribution in [0.5, 0.6) is 0 Å². The summed E-state index contributed by atoms with van der Waals surface area (Å²) < 4.78 is 2.94. The smallest absolute Gasteiger partial charge is 0.404 e. The molecule has 1 aliphatic heterocycles. The second-order valence-electron chi connectivity index (χ2n) is 6.30. The zero-order valence-electron chi connectivity index (χ0n) is 14.3. The number of amides is 3. The fourth-order valence-electron chi connectivity index (χ4n) is 3.43. The van der Waals surface area contributed by atoms with E-state index in [-0.39, 0.29) is 24.4 Å². The van der Waals surface area contributed by atoms with Crippen LogP contribution in [0, 0.1) is 0 Å². The van der Waals surface area contributed by atoms with E-state index in [2.05, 4.69) is 10.6 Å². The molecule has 0 saturated carbocycles. The van der Waals surface area contributed by atoms with Crippen LogP contribution in [-0.2, 0) is 23.1 Å². The van der Waals surface area contributed by atoms with Gasteiger partial charge in [-0.25, -0.2) is 9.59 Å². The van der Waals surface area contributed by atoms with Gasteiger partial charge in [-0.15, -0.1) is 0 Å². The quantitative estimate of drug-likeness (QED) is 0.530. The van der Waals surface area contributed by atoms with E-state index in [4.69, 9.17) is 5.11 Å². The molecule has 1 unspecified atom stereocenters. The molecule has 26 heavy (non-hydrogen) atoms. The summed E-state index contributed by atoms with van der Waals surface area (Å²) in [7, 11) is 1.64. The molecule has 138 valence electrons. The van der Waals surface area contributed by atoms with Crippen LogP contribution in [0.4, 0.5) is 4.79 Å². The molecular formula is C17H20N4O5. The molecule has 1 aromatic heterocycles. The Morgan fingerprint density at radius 2 is 2.12 bits per heavy atom. The second-order valence-corrected chi connectivity index (χ2v) is 6.30. The van der Waals surface area contributed by atoms with E-state index in [1.807, 2.05) is 12.1 Å². The van der Waals surface area contributed by atoms with Crippen molar-refractivity contribution in [1.29, 1.82) is 0 Å². The Morgan fingerprint density at radius 3 is 2.81 bits per heavy atom. The highest BCUT2D eigenvalue weighted by Crippen LogP contribution is 2.25. The summed E-state index contributed by atoms with van der Waals surface area (Å²) in [5, 5.41) is 13.2. The zero-order chi connectivity index (χ0) is 18.8. The number of hydrogen-bond acceptors (Lipinski definition) is 4. The van der Waals surface area contributed by atoms with Crippen LogP contribution in [0.1, 0.15) is 30.9 Å². The van der Waals surface area contributed by atoms with Crippen molar-refractivity contribution in [3.05, 3.63) is 34.2 Å². The topological polar surface area (TPSA) is 122 Å². The molecule has 3 rings (SSSR count). The summed E-state index contributed by atoms with van der Waals surface area (Å²) in [6.07, 6.45) is 0.587. The average Bonchev–Trinajstić information content (AvgIpc) is 2.84. The number of benzene rings is 1. The molecular weight excluding hydrogens is 340 g/mol. The SMILES string of the molecule is Cn1c(=O)n(C2CCC(=O)NC2=O)c2cccc(CCCNC(=O)O)c21. The highest BCUT2D eigenvalue weighted by Gasteiger charge is 2.31. The summed E-state index contributed by atoms with van der Waals surface area (Å²) in [5.41, 5.74) is 1.94. The molecule has 3 N–H and O–H groups in total. The third kappa shape index (κ3) is 3.19. The summed E-state index contributed by atoms with van der Waals surface area (Å²) in [4.78, 5) is 46.9. The summed E-state index contributed by atoms with van der Waals surface area (Å²) >= 11 is 0. The van der Waals surface area contributed by atoms with Gasteiger partial charge >= 0.3 is 11.8 Å². The van der Waals surface area contributed by atoms with Gasteiger partial charge in [0.2, 0.25) is 11.8 Å². The molecule has 9 nitrogen and oxygen atoms in total. The Morgan fingerprint density at radius 1 is 1.35 bits per heavy atom. The lowest BCUT2D eigenvalue weighted by atomic mass is 10.0. The van der Waals surface area contributed by atoms with Gasteiger partial charge in [-0.3, -0.25) is 24.0 Å². The number of aromatic nitrogens is 2. The van der Waals surface area contributed by atoms with Gasteiger partial charge < -0.3 is 10.4 Å². The van der Waals surface area contributed by atoms with Crippen molar-refractivity contribution in [3.8, 4) is 0 Å². The number of nitrogens with zero attached hydrogens (tertiary/aromatic N) is 2. The summed E-state index contributed by atoms with van der Waals surface area (Å²) in [6, 6.07) is 4.76. The minimum atomic E-state index is -1.07. The molecule has 1 atom stereocenters. The fraction of sp³-hybridized carbons (Fsp3) is 0.412. The van der Waals surface area contributed by atoms with Crippen LogP contribution in [-0.4, -0.2) is 38.7 Å². The number of nitrogens with one attached hydrogen (secondary N) is 2. The number of carbonyl (C=O) groups is 3. The number of carboxylic acid groups (broad SMARTS) is 1. The predicted molar refractivity (Wildman–Crippen MR) is 92.9 cm³/mol. The van der Waals surface area contributed by atoms with Gasteiger partial charge in [0.05, 0.1) is 11.0 Å². The van der Waals surface area contributed by atoms with E-state index in [1.54, 1.807) is 13.1 Å². The van der Waals surface area contributed by atoms with Crippen molar-refractivity contribution < 1.29 is 19.5 Å². The molecule has 1 aromatic carbocycles. The molecule has 0 bridgehead atoms. The third-order valence-corrected chi connectivity index (χ3v) is 4.61. The number of para-hydroxylation sites is 1. The van der Waals surface area contributed by atoms with Gasteiger partial charge in [0.1, 0.15) is 6.04 Å². The van der Waals surface area contributed by atoms with Crippen LogP contribution < -0.4 is 16.3 Å². The molecule has 1 saturated heterocycles. The van der Waals surface area contributed by atoms with Crippen LogP contribution >= 0.6 is 0 Å². The maximum Gasteiger partial charge on any atom is 0.404 e. The van der Waals surface area contributed by atoms with Crippen LogP contribution in [0.2, 0.25) is 0 Å². The van der Waals surface area contributed by atoms with Crippen molar-refractivity contribution in [2.75, 3.05) is 6.54 Å². The molecule has 1 aliphatic rings. The van der Waals surface area contributed by atoms with Crippen molar-refractivity contribution in [1.82, 2.24) is 19.8 Å². The average molecular weight is 360 g/mol. The molecule has 0 radical (unpaired) electrons. The number of piperidine rings is 1. The van der Waals surface area contributed by atoms with E-state index in [0.717, 1.165) is 11.1 Å². The van der Waals surface area contributed by atoms with Crippen molar-refractivity contribution in [3.63, 3.8) is 0 Å². The highest BCUT2D eigenvalue weighted by molar-refractivity contribution is 6.00. The first-order chi connectivity index (χ1) is 12.4. The standard InChI is InChI=1S/C17H20N4O5/c1-20-14-10(5-3-9-18-16(24)25)4-2-6-11(14)21(17(20)26)12-7-8-13(22)19-15(12)23/h2,4,6,12,18H,3,5,7-9H2,1H3,(H,24,25)(H,19,22,23). The minimum Gasteiger partial charge on any atom is -0.465 e. The number of imide groups is 1. The first-order valence-electron chi connectivity index (χ1n) is 8.39. The van der Waals surface area contributed by atoms with Crippen molar-refractivity contribution in [2.24, 2.45) is 7.05 Å². The van der Waals surface area contributed by atoms with Crippen LogP contribution in [0.25, 0.3) is 11.0 Å². The lowest BCUT2D eigenvalue weighted by molar-refractivity contribution is -0.135. The zero-order valence-corrected chi connectivity index (χ0v) is 14.3. The van der Waals surface area contributed by atoms with Crippen molar-refractivity contribution in [2.45, 2.75) is 31.7 Å². The van der Waals surface area contributed by atoms with Gasteiger partial charge in [-0.2, -0.15) is 0 Å². The fourth-order valence-corrected chi connectivity index (χ4v) is 3.43. The summed E-state index contributed by atoms with van der Waals surface area (Å²) in [5.74, 6) is -0.793. The Labute approximate surface area is 148 Å². The molecule has 2 heterocycles. The number of rotatable bonds is 5. The third-order valence-electron chi connectivity index (χ3n) is 4.61. The Kier molecular flexibility index (Phi) is 4.79. The highest BCUT2D eigenvalue weighted by atomic mass is 16.4. The number of carbonyl (C=O) groups excluding carboxylic acids is 2. The predicted octanol–water partition coefficient (Wildman–Crippen LogP) is 0.518. The number of hydrogen-bond donors (Lipinski definition) is 3. The van der Waals surface area contributed by atoms with Gasteiger partial charge in [-0.05, 0) is 30.9 Å². The number of fused-ring (bicyclic) bond motifs is 1. The number of imidazole rings is 1. The van der Waals surface area contributed by atoms with E-state index in [0.29, 0.717) is 24.9 Å². The lowest BCUT2D eigenvalue weighted by Crippen LogP contribution is -2.44. The first-order valence-corrected chi connectivity index (χ1v) is 8.39. The molecule has 1 fully saturated rings. The molecule has 9 heteroatoms.